The van der Waals surface area contributed by atoms with E-state index in [9.17, 15) is 4.79 Å². The first kappa shape index (κ1) is 15.0. The number of aryl methyl sites for hydroxylation is 1. The predicted molar refractivity (Wildman–Crippen MR) is 87.3 cm³/mol. The summed E-state index contributed by atoms with van der Waals surface area (Å²) in [4.78, 5) is 16.8. The van der Waals surface area contributed by atoms with Gasteiger partial charge in [-0.3, -0.25) is 4.79 Å². The van der Waals surface area contributed by atoms with Gasteiger partial charge in [0, 0.05) is 18.3 Å². The van der Waals surface area contributed by atoms with Crippen LogP contribution in [0.2, 0.25) is 0 Å². The molecule has 0 bridgehead atoms. The van der Waals surface area contributed by atoms with Crippen molar-refractivity contribution in [2.75, 3.05) is 13.2 Å². The van der Waals surface area contributed by atoms with Crippen LogP contribution in [0.4, 0.5) is 0 Å². The number of hydrogen-bond acceptors (Lipinski definition) is 4. The number of hydrogen-bond donors (Lipinski definition) is 1. The first-order chi connectivity index (χ1) is 10.8. The molecule has 1 atom stereocenters. The number of thiazole rings is 1. The third kappa shape index (κ3) is 3.47. The molecule has 1 N–H and O–H groups in total. The summed E-state index contributed by atoms with van der Waals surface area (Å²) in [5.41, 5.74) is 2.24. The fraction of sp³-hybridized carbons (Fsp3) is 0.412. The van der Waals surface area contributed by atoms with Gasteiger partial charge in [-0.15, -0.1) is 11.3 Å². The summed E-state index contributed by atoms with van der Waals surface area (Å²) in [7, 11) is 0. The van der Waals surface area contributed by atoms with Crippen LogP contribution in [0.5, 0.6) is 5.75 Å². The van der Waals surface area contributed by atoms with E-state index in [4.69, 9.17) is 4.74 Å². The smallest absolute Gasteiger partial charge is 0.226 e. The van der Waals surface area contributed by atoms with E-state index in [1.807, 2.05) is 24.3 Å². The fourth-order valence-electron chi connectivity index (χ4n) is 2.56. The van der Waals surface area contributed by atoms with Crippen molar-refractivity contribution in [1.29, 1.82) is 0 Å². The molecule has 116 valence electrons. The zero-order valence-electron chi connectivity index (χ0n) is 12.7. The second-order valence-corrected chi connectivity index (χ2v) is 6.39. The molecule has 1 aliphatic rings. The molecule has 22 heavy (non-hydrogen) atoms. The number of amides is 1. The molecule has 4 nitrogen and oxygen atoms in total. The van der Waals surface area contributed by atoms with Crippen molar-refractivity contribution >= 4 is 17.2 Å². The molecule has 2 aromatic rings. The van der Waals surface area contributed by atoms with E-state index in [0.717, 1.165) is 41.3 Å². The molecule has 0 fully saturated rings. The molecule has 1 amide bonds. The van der Waals surface area contributed by atoms with E-state index in [1.165, 1.54) is 0 Å². The second kappa shape index (κ2) is 6.92. The SMILES string of the molecule is CCc1csc(CCNC(=O)[C@H]2COc3ccccc3C2)n1. The Labute approximate surface area is 134 Å². The largest absolute Gasteiger partial charge is 0.492 e. The van der Waals surface area contributed by atoms with E-state index < -0.39 is 0 Å². The Hall–Kier alpha value is -1.88. The molecule has 0 radical (unpaired) electrons. The Morgan fingerprint density at radius 3 is 3.14 bits per heavy atom. The van der Waals surface area contributed by atoms with Crippen molar-refractivity contribution < 1.29 is 9.53 Å². The molecule has 0 saturated heterocycles. The number of benzene rings is 1. The highest BCUT2D eigenvalue weighted by molar-refractivity contribution is 7.09. The maximum atomic E-state index is 12.3. The lowest BCUT2D eigenvalue weighted by atomic mass is 9.96. The lowest BCUT2D eigenvalue weighted by Gasteiger charge is -2.24. The minimum absolute atomic E-state index is 0.0711. The molecule has 2 heterocycles. The molecule has 1 aliphatic heterocycles. The quantitative estimate of drug-likeness (QED) is 0.922. The van der Waals surface area contributed by atoms with Gasteiger partial charge in [-0.1, -0.05) is 25.1 Å². The van der Waals surface area contributed by atoms with E-state index in [-0.39, 0.29) is 11.8 Å². The van der Waals surface area contributed by atoms with Gasteiger partial charge in [0.05, 0.1) is 16.6 Å². The van der Waals surface area contributed by atoms with Gasteiger partial charge in [0.25, 0.3) is 0 Å². The molecule has 0 unspecified atom stereocenters. The van der Waals surface area contributed by atoms with E-state index in [2.05, 4.69) is 22.6 Å². The summed E-state index contributed by atoms with van der Waals surface area (Å²) < 4.78 is 5.67. The highest BCUT2D eigenvalue weighted by atomic mass is 32.1. The summed E-state index contributed by atoms with van der Waals surface area (Å²) >= 11 is 1.66. The van der Waals surface area contributed by atoms with Crippen LogP contribution in [-0.2, 0) is 24.1 Å². The Bertz CT molecular complexity index is 654. The first-order valence-electron chi connectivity index (χ1n) is 7.68. The second-order valence-electron chi connectivity index (χ2n) is 5.45. The molecule has 1 aromatic heterocycles. The van der Waals surface area contributed by atoms with Crippen LogP contribution in [-0.4, -0.2) is 24.0 Å². The maximum absolute atomic E-state index is 12.3. The van der Waals surface area contributed by atoms with Crippen LogP contribution >= 0.6 is 11.3 Å². The standard InChI is InChI=1S/C17H20N2O2S/c1-2-14-11-22-16(19-14)7-8-18-17(20)13-9-12-5-3-4-6-15(12)21-10-13/h3-6,11,13H,2,7-10H2,1H3,(H,18,20)/t13-/m1/s1. The van der Waals surface area contributed by atoms with Crippen molar-refractivity contribution in [3.63, 3.8) is 0 Å². The molecule has 0 aliphatic carbocycles. The number of carbonyl (C=O) groups is 1. The number of nitrogens with zero attached hydrogens (tertiary/aromatic N) is 1. The zero-order valence-corrected chi connectivity index (χ0v) is 13.5. The average Bonchev–Trinajstić information content (AvgIpc) is 3.02. The van der Waals surface area contributed by atoms with Gasteiger partial charge in [-0.25, -0.2) is 4.98 Å². The molecule has 0 spiro atoms. The number of aromatic nitrogens is 1. The summed E-state index contributed by atoms with van der Waals surface area (Å²) in [6.45, 7) is 3.19. The molecular weight excluding hydrogens is 296 g/mol. The van der Waals surface area contributed by atoms with Gasteiger partial charge >= 0.3 is 0 Å². The van der Waals surface area contributed by atoms with E-state index in [1.54, 1.807) is 11.3 Å². The van der Waals surface area contributed by atoms with Crippen molar-refractivity contribution in [2.24, 2.45) is 5.92 Å². The summed E-state index contributed by atoms with van der Waals surface area (Å²) in [6, 6.07) is 7.92. The highest BCUT2D eigenvalue weighted by Crippen LogP contribution is 2.26. The van der Waals surface area contributed by atoms with Gasteiger partial charge in [-0.2, -0.15) is 0 Å². The lowest BCUT2D eigenvalue weighted by Crippen LogP contribution is -2.38. The summed E-state index contributed by atoms with van der Waals surface area (Å²) in [6.07, 6.45) is 2.50. The molecule has 5 heteroatoms. The summed E-state index contributed by atoms with van der Waals surface area (Å²) in [5.74, 6) is 0.876. The van der Waals surface area contributed by atoms with Gasteiger partial charge in [-0.05, 0) is 24.5 Å². The number of para-hydroxylation sites is 1. The lowest BCUT2D eigenvalue weighted by molar-refractivity contribution is -0.126. The fourth-order valence-corrected chi connectivity index (χ4v) is 3.44. The van der Waals surface area contributed by atoms with Crippen LogP contribution < -0.4 is 10.1 Å². The molecular formula is C17H20N2O2S. The minimum Gasteiger partial charge on any atom is -0.492 e. The highest BCUT2D eigenvalue weighted by Gasteiger charge is 2.25. The Kier molecular flexibility index (Phi) is 4.73. The van der Waals surface area contributed by atoms with E-state index >= 15 is 0 Å². The van der Waals surface area contributed by atoms with Crippen LogP contribution in [0.1, 0.15) is 23.2 Å². The van der Waals surface area contributed by atoms with Crippen molar-refractivity contribution in [3.05, 3.63) is 45.9 Å². The van der Waals surface area contributed by atoms with Crippen molar-refractivity contribution in [1.82, 2.24) is 10.3 Å². The maximum Gasteiger partial charge on any atom is 0.226 e. The van der Waals surface area contributed by atoms with Gasteiger partial charge in [0.2, 0.25) is 5.91 Å². The Balaban J connectivity index is 1.48. The summed E-state index contributed by atoms with van der Waals surface area (Å²) in [5, 5.41) is 6.18. The van der Waals surface area contributed by atoms with Crippen LogP contribution in [0.15, 0.2) is 29.6 Å². The van der Waals surface area contributed by atoms with Crippen molar-refractivity contribution in [2.45, 2.75) is 26.2 Å². The van der Waals surface area contributed by atoms with Crippen LogP contribution in [0, 0.1) is 5.92 Å². The number of rotatable bonds is 5. The number of nitrogens with one attached hydrogen (secondary N) is 1. The normalized spacial score (nSPS) is 16.7. The van der Waals surface area contributed by atoms with Crippen LogP contribution in [0.3, 0.4) is 0 Å². The topological polar surface area (TPSA) is 51.2 Å². The molecule has 3 rings (SSSR count). The number of fused-ring (bicyclic) bond motifs is 1. The predicted octanol–water partition coefficient (Wildman–Crippen LogP) is 2.62. The first-order valence-corrected chi connectivity index (χ1v) is 8.56. The van der Waals surface area contributed by atoms with Gasteiger partial charge in [0.15, 0.2) is 0 Å². The van der Waals surface area contributed by atoms with E-state index in [0.29, 0.717) is 13.2 Å². The minimum atomic E-state index is -0.0996. The molecule has 0 saturated carbocycles. The zero-order chi connectivity index (χ0) is 15.4. The Morgan fingerprint density at radius 2 is 2.32 bits per heavy atom. The molecule has 1 aromatic carbocycles. The third-order valence-corrected chi connectivity index (χ3v) is 4.81. The van der Waals surface area contributed by atoms with Crippen LogP contribution in [0.25, 0.3) is 0 Å². The van der Waals surface area contributed by atoms with Gasteiger partial charge < -0.3 is 10.1 Å². The number of carbonyl (C=O) groups excluding carboxylic acids is 1. The Morgan fingerprint density at radius 1 is 1.45 bits per heavy atom. The van der Waals surface area contributed by atoms with Crippen molar-refractivity contribution in [3.8, 4) is 5.75 Å². The average molecular weight is 316 g/mol. The van der Waals surface area contributed by atoms with Gasteiger partial charge in [0.1, 0.15) is 12.4 Å². The monoisotopic (exact) mass is 316 g/mol. The number of ether oxygens (including phenoxy) is 1. The third-order valence-electron chi connectivity index (χ3n) is 3.85.